The molecule has 0 aromatic rings. The van der Waals surface area contributed by atoms with Crippen LogP contribution in [0.25, 0.3) is 0 Å². The van der Waals surface area contributed by atoms with Gasteiger partial charge in [-0.15, -0.1) is 0 Å². The average molecular weight is 141 g/mol. The van der Waals surface area contributed by atoms with Gasteiger partial charge in [0.25, 0.3) is 0 Å². The maximum atomic E-state index is 2.44. The monoisotopic (exact) mass is 141 g/mol. The molecule has 1 heteroatoms. The normalized spacial score (nSPS) is 35.7. The largest absolute Gasteiger partial charge is 0.306 e. The molecule has 1 aliphatic heterocycles. The van der Waals surface area contributed by atoms with Crippen LogP contribution in [0.2, 0.25) is 0 Å². The van der Waals surface area contributed by atoms with E-state index in [4.69, 9.17) is 0 Å². The number of hydrogen-bond donors (Lipinski definition) is 0. The minimum atomic E-state index is 0.861. The van der Waals surface area contributed by atoms with Gasteiger partial charge in [0.15, 0.2) is 0 Å². The van der Waals surface area contributed by atoms with E-state index in [2.05, 4.69) is 32.7 Å². The van der Waals surface area contributed by atoms with Crippen molar-refractivity contribution in [3.63, 3.8) is 0 Å². The van der Waals surface area contributed by atoms with E-state index in [-0.39, 0.29) is 0 Å². The molecular formula is C9H19N. The zero-order valence-corrected chi connectivity index (χ0v) is 7.59. The molecule has 2 atom stereocenters. The molecule has 0 aromatic heterocycles. The summed E-state index contributed by atoms with van der Waals surface area (Å²) in [6, 6.07) is 0. The third-order valence-corrected chi connectivity index (χ3v) is 2.71. The van der Waals surface area contributed by atoms with Crippen LogP contribution in [0.1, 0.15) is 20.8 Å². The summed E-state index contributed by atoms with van der Waals surface area (Å²) in [5.74, 6) is 2.70. The summed E-state index contributed by atoms with van der Waals surface area (Å²) in [6.45, 7) is 9.64. The van der Waals surface area contributed by atoms with Crippen LogP contribution in [-0.2, 0) is 0 Å². The van der Waals surface area contributed by atoms with Crippen molar-refractivity contribution in [3.8, 4) is 0 Å². The summed E-state index contributed by atoms with van der Waals surface area (Å²) in [7, 11) is 2.22. The van der Waals surface area contributed by atoms with E-state index >= 15 is 0 Å². The molecule has 0 N–H and O–H groups in total. The molecule has 1 rings (SSSR count). The molecule has 0 spiro atoms. The van der Waals surface area contributed by atoms with E-state index in [0.717, 1.165) is 17.8 Å². The number of rotatable bonds is 1. The summed E-state index contributed by atoms with van der Waals surface area (Å²) < 4.78 is 0. The van der Waals surface area contributed by atoms with Gasteiger partial charge in [-0.05, 0) is 24.8 Å². The Bertz CT molecular complexity index is 109. The van der Waals surface area contributed by atoms with Crippen molar-refractivity contribution in [3.05, 3.63) is 0 Å². The van der Waals surface area contributed by atoms with Crippen molar-refractivity contribution in [2.75, 3.05) is 20.1 Å². The maximum absolute atomic E-state index is 2.44. The fraction of sp³-hybridized carbons (Fsp3) is 1.00. The molecule has 1 unspecified atom stereocenters. The lowest BCUT2D eigenvalue weighted by Gasteiger charge is -2.17. The molecule has 0 amide bonds. The molecule has 60 valence electrons. The molecule has 0 bridgehead atoms. The number of likely N-dealkylation sites (tertiary alicyclic amines) is 1. The Morgan fingerprint density at radius 3 is 2.10 bits per heavy atom. The summed E-state index contributed by atoms with van der Waals surface area (Å²) in [5, 5.41) is 0. The smallest absolute Gasteiger partial charge is 0.00122 e. The Kier molecular flexibility index (Phi) is 2.35. The highest BCUT2D eigenvalue weighted by Crippen LogP contribution is 2.27. The Balaban J connectivity index is 2.46. The molecule has 0 aliphatic carbocycles. The molecule has 0 radical (unpaired) electrons. The second-order valence-electron chi connectivity index (χ2n) is 4.11. The van der Waals surface area contributed by atoms with Gasteiger partial charge in [-0.25, -0.2) is 0 Å². The molecule has 0 saturated carbocycles. The van der Waals surface area contributed by atoms with Crippen molar-refractivity contribution in [1.29, 1.82) is 0 Å². The van der Waals surface area contributed by atoms with Gasteiger partial charge in [-0.3, -0.25) is 0 Å². The average Bonchev–Trinajstić information content (AvgIpc) is 2.10. The minimum Gasteiger partial charge on any atom is -0.306 e. The van der Waals surface area contributed by atoms with Crippen molar-refractivity contribution >= 4 is 0 Å². The van der Waals surface area contributed by atoms with Crippen molar-refractivity contribution in [2.45, 2.75) is 20.8 Å². The SMILES string of the molecule is CC(C)C1CN(C)C[C@@H]1C. The van der Waals surface area contributed by atoms with Gasteiger partial charge in [-0.2, -0.15) is 0 Å². The van der Waals surface area contributed by atoms with Crippen LogP contribution >= 0.6 is 0 Å². The number of nitrogens with zero attached hydrogens (tertiary/aromatic N) is 1. The highest BCUT2D eigenvalue weighted by atomic mass is 15.1. The lowest BCUT2D eigenvalue weighted by molar-refractivity contribution is 0.327. The fourth-order valence-electron chi connectivity index (χ4n) is 2.11. The van der Waals surface area contributed by atoms with Crippen LogP contribution in [0.3, 0.4) is 0 Å². The van der Waals surface area contributed by atoms with Crippen molar-refractivity contribution < 1.29 is 0 Å². The number of hydrogen-bond acceptors (Lipinski definition) is 1. The first kappa shape index (κ1) is 8.06. The van der Waals surface area contributed by atoms with Gasteiger partial charge in [0.1, 0.15) is 0 Å². The van der Waals surface area contributed by atoms with E-state index in [1.807, 2.05) is 0 Å². The molecule has 1 fully saturated rings. The predicted octanol–water partition coefficient (Wildman–Crippen LogP) is 1.84. The Morgan fingerprint density at radius 1 is 1.30 bits per heavy atom. The van der Waals surface area contributed by atoms with Gasteiger partial charge >= 0.3 is 0 Å². The molecule has 0 aromatic carbocycles. The highest BCUT2D eigenvalue weighted by molar-refractivity contribution is 4.80. The molecule has 10 heavy (non-hydrogen) atoms. The summed E-state index contributed by atoms with van der Waals surface area (Å²) in [4.78, 5) is 2.44. The summed E-state index contributed by atoms with van der Waals surface area (Å²) in [6.07, 6.45) is 0. The van der Waals surface area contributed by atoms with Crippen LogP contribution in [0.5, 0.6) is 0 Å². The fourth-order valence-corrected chi connectivity index (χ4v) is 2.11. The first-order chi connectivity index (χ1) is 4.61. The second kappa shape index (κ2) is 2.91. The standard InChI is InChI=1S/C9H19N/c1-7(2)9-6-10(4)5-8(9)3/h7-9H,5-6H2,1-4H3/t8-,9?/m0/s1. The van der Waals surface area contributed by atoms with Crippen LogP contribution in [0, 0.1) is 17.8 Å². The van der Waals surface area contributed by atoms with E-state index in [9.17, 15) is 0 Å². The van der Waals surface area contributed by atoms with E-state index in [1.165, 1.54) is 13.1 Å². The first-order valence-corrected chi connectivity index (χ1v) is 4.29. The van der Waals surface area contributed by atoms with Crippen LogP contribution in [0.4, 0.5) is 0 Å². The van der Waals surface area contributed by atoms with Gasteiger partial charge in [-0.1, -0.05) is 20.8 Å². The quantitative estimate of drug-likeness (QED) is 0.538. The summed E-state index contributed by atoms with van der Waals surface area (Å²) >= 11 is 0. The lowest BCUT2D eigenvalue weighted by atomic mass is 9.88. The Labute approximate surface area is 64.4 Å². The van der Waals surface area contributed by atoms with Gasteiger partial charge in [0.2, 0.25) is 0 Å². The zero-order valence-electron chi connectivity index (χ0n) is 7.59. The molecule has 1 nitrogen and oxygen atoms in total. The lowest BCUT2D eigenvalue weighted by Crippen LogP contribution is -2.17. The van der Waals surface area contributed by atoms with Gasteiger partial charge in [0.05, 0.1) is 0 Å². The van der Waals surface area contributed by atoms with Crippen LogP contribution < -0.4 is 0 Å². The van der Waals surface area contributed by atoms with E-state index < -0.39 is 0 Å². The van der Waals surface area contributed by atoms with Crippen molar-refractivity contribution in [2.24, 2.45) is 17.8 Å². The third kappa shape index (κ3) is 1.51. The predicted molar refractivity (Wildman–Crippen MR) is 45.0 cm³/mol. The third-order valence-electron chi connectivity index (χ3n) is 2.71. The Hall–Kier alpha value is -0.0400. The van der Waals surface area contributed by atoms with Crippen LogP contribution in [-0.4, -0.2) is 25.0 Å². The van der Waals surface area contributed by atoms with Crippen LogP contribution in [0.15, 0.2) is 0 Å². The van der Waals surface area contributed by atoms with Gasteiger partial charge < -0.3 is 4.90 Å². The highest BCUT2D eigenvalue weighted by Gasteiger charge is 2.28. The molecular weight excluding hydrogens is 122 g/mol. The van der Waals surface area contributed by atoms with E-state index in [0.29, 0.717) is 0 Å². The topological polar surface area (TPSA) is 3.24 Å². The molecule has 1 aliphatic rings. The zero-order chi connectivity index (χ0) is 7.72. The molecule has 1 saturated heterocycles. The van der Waals surface area contributed by atoms with E-state index in [1.54, 1.807) is 0 Å². The molecule has 1 heterocycles. The second-order valence-corrected chi connectivity index (χ2v) is 4.11. The summed E-state index contributed by atoms with van der Waals surface area (Å²) in [5.41, 5.74) is 0. The van der Waals surface area contributed by atoms with Gasteiger partial charge in [0, 0.05) is 13.1 Å². The maximum Gasteiger partial charge on any atom is 0.00122 e. The first-order valence-electron chi connectivity index (χ1n) is 4.29. The van der Waals surface area contributed by atoms with Crippen molar-refractivity contribution in [1.82, 2.24) is 4.90 Å². The Morgan fingerprint density at radius 2 is 1.90 bits per heavy atom. The minimum absolute atomic E-state index is 0.861.